The average Bonchev–Trinajstić information content (AvgIpc) is 3.95. The van der Waals surface area contributed by atoms with Crippen molar-refractivity contribution in [3.05, 3.63) is 218 Å². The summed E-state index contributed by atoms with van der Waals surface area (Å²) in [6.45, 7) is 0. The smallest absolute Gasteiger partial charge is 0.179 e. The van der Waals surface area contributed by atoms with E-state index in [-0.39, 0.29) is 0 Å². The van der Waals surface area contributed by atoms with Crippen molar-refractivity contribution in [1.82, 2.24) is 9.13 Å². The van der Waals surface area contributed by atoms with Crippen LogP contribution in [0, 0.1) is 0 Å². The van der Waals surface area contributed by atoms with Crippen molar-refractivity contribution in [1.29, 1.82) is 0 Å². The maximum absolute atomic E-state index is 2.96. The van der Waals surface area contributed by atoms with Gasteiger partial charge in [-0.25, -0.2) is 0 Å². The molecular formula is C54H36N2SSi. The van der Waals surface area contributed by atoms with Crippen LogP contribution in [0.3, 0.4) is 0 Å². The highest BCUT2D eigenvalue weighted by molar-refractivity contribution is 7.26. The molecule has 0 aliphatic carbocycles. The van der Waals surface area contributed by atoms with E-state index in [1.54, 1.807) is 0 Å². The van der Waals surface area contributed by atoms with Crippen LogP contribution in [0.4, 0.5) is 0 Å². The Morgan fingerprint density at radius 1 is 0.310 bits per heavy atom. The monoisotopic (exact) mass is 772 g/mol. The summed E-state index contributed by atoms with van der Waals surface area (Å²) in [5.41, 5.74) is 7.23. The lowest BCUT2D eigenvalue weighted by molar-refractivity contribution is 1.18. The summed E-state index contributed by atoms with van der Waals surface area (Å²) >= 11 is 1.91. The summed E-state index contributed by atoms with van der Waals surface area (Å²) < 4.78 is 7.63. The fourth-order valence-electron chi connectivity index (χ4n) is 9.83. The first-order valence-corrected chi connectivity index (χ1v) is 22.8. The summed E-state index contributed by atoms with van der Waals surface area (Å²) in [5.74, 6) is 0. The first-order chi connectivity index (χ1) is 28.8. The first kappa shape index (κ1) is 33.2. The molecule has 58 heavy (non-hydrogen) atoms. The molecule has 0 aliphatic rings. The molecule has 3 heterocycles. The van der Waals surface area contributed by atoms with Crippen LogP contribution in [0.2, 0.25) is 0 Å². The van der Waals surface area contributed by atoms with Gasteiger partial charge in [-0.05, 0) is 75.3 Å². The number of hydrogen-bond acceptors (Lipinski definition) is 1. The molecule has 2 nitrogen and oxygen atoms in total. The molecule has 12 rings (SSSR count). The quantitative estimate of drug-likeness (QED) is 0.118. The molecular weight excluding hydrogens is 737 g/mol. The van der Waals surface area contributed by atoms with Crippen LogP contribution in [0.5, 0.6) is 0 Å². The Balaban J connectivity index is 1.17. The Labute approximate surface area is 341 Å². The first-order valence-electron chi connectivity index (χ1n) is 19.9. The van der Waals surface area contributed by atoms with Crippen molar-refractivity contribution in [2.45, 2.75) is 0 Å². The Morgan fingerprint density at radius 2 is 0.828 bits per heavy atom. The number of hydrogen-bond donors (Lipinski definition) is 0. The number of para-hydroxylation sites is 3. The van der Waals surface area contributed by atoms with E-state index in [0.29, 0.717) is 0 Å². The number of aromatic nitrogens is 2. The lowest BCUT2D eigenvalue weighted by Gasteiger charge is -2.35. The van der Waals surface area contributed by atoms with Gasteiger partial charge in [0.1, 0.15) is 0 Å². The zero-order valence-electron chi connectivity index (χ0n) is 31.6. The SMILES string of the molecule is c1ccc(-n2c3ccccc3c3ccc([Si](c4ccccc4)(c4ccccc4)c4cccc(-n5c6ccccc6c6c7sc8ccccc8c7ccc65)c4)cc32)cc1. The Morgan fingerprint density at radius 3 is 1.57 bits per heavy atom. The van der Waals surface area contributed by atoms with Gasteiger partial charge in [0.15, 0.2) is 8.07 Å². The predicted octanol–water partition coefficient (Wildman–Crippen LogP) is 11.6. The van der Waals surface area contributed by atoms with Crippen molar-refractivity contribution in [3.63, 3.8) is 0 Å². The largest absolute Gasteiger partial charge is 0.309 e. The van der Waals surface area contributed by atoms with Gasteiger partial charge >= 0.3 is 0 Å². The molecule has 0 spiro atoms. The number of nitrogens with zero attached hydrogens (tertiary/aromatic N) is 2. The van der Waals surface area contributed by atoms with Crippen molar-refractivity contribution in [3.8, 4) is 11.4 Å². The topological polar surface area (TPSA) is 9.86 Å². The molecule has 0 saturated carbocycles. The third-order valence-corrected chi connectivity index (χ3v) is 18.2. The number of thiophene rings is 1. The molecule has 0 radical (unpaired) electrons. The summed E-state index contributed by atoms with van der Waals surface area (Å²) in [7, 11) is -2.96. The molecule has 9 aromatic carbocycles. The molecule has 0 saturated heterocycles. The van der Waals surface area contributed by atoms with Gasteiger partial charge in [0, 0.05) is 53.1 Å². The summed E-state index contributed by atoms with van der Waals surface area (Å²) in [6.07, 6.45) is 0. The molecule has 0 atom stereocenters. The lowest BCUT2D eigenvalue weighted by Crippen LogP contribution is -2.74. The van der Waals surface area contributed by atoms with Gasteiger partial charge in [-0.2, -0.15) is 0 Å². The highest BCUT2D eigenvalue weighted by atomic mass is 32.1. The third-order valence-electron chi connectivity index (χ3n) is 12.3. The molecule has 272 valence electrons. The maximum Gasteiger partial charge on any atom is 0.179 e. The Hall–Kier alpha value is -6.98. The van der Waals surface area contributed by atoms with Crippen LogP contribution in [-0.4, -0.2) is 17.2 Å². The standard InChI is InChI=1S/C54H36N2SSi/c1-4-17-37(18-5-1)55-48-28-13-10-25-43(48)44-32-31-42(36-51(44)55)58(39-20-6-2-7-21-39,40-22-8-3-9-23-40)41-24-16-19-38(35-41)56-49-29-14-11-27-47(49)53-50(56)34-33-46-45-26-12-15-30-52(45)57-54(46)53/h1-36H. The molecule has 4 heteroatoms. The van der Waals surface area contributed by atoms with Gasteiger partial charge in [-0.1, -0.05) is 164 Å². The van der Waals surface area contributed by atoms with Gasteiger partial charge < -0.3 is 9.13 Å². The second kappa shape index (κ2) is 13.0. The van der Waals surface area contributed by atoms with Crippen molar-refractivity contribution in [2.24, 2.45) is 0 Å². The second-order valence-corrected chi connectivity index (χ2v) is 20.1. The Bertz CT molecular complexity index is 3470. The molecule has 0 N–H and O–H groups in total. The molecule has 0 unspecified atom stereocenters. The molecule has 0 aliphatic heterocycles. The van der Waals surface area contributed by atoms with E-state index in [2.05, 4.69) is 228 Å². The minimum absolute atomic E-state index is 1.17. The maximum atomic E-state index is 2.51. The van der Waals surface area contributed by atoms with Gasteiger partial charge in [0.25, 0.3) is 0 Å². The van der Waals surface area contributed by atoms with Crippen LogP contribution in [0.1, 0.15) is 0 Å². The Kier molecular flexibility index (Phi) is 7.46. The van der Waals surface area contributed by atoms with Crippen molar-refractivity contribution >= 4 is 104 Å². The van der Waals surface area contributed by atoms with E-state index in [1.165, 1.54) is 95.9 Å². The van der Waals surface area contributed by atoms with E-state index < -0.39 is 8.07 Å². The fourth-order valence-corrected chi connectivity index (χ4v) is 15.9. The van der Waals surface area contributed by atoms with Crippen LogP contribution < -0.4 is 20.7 Å². The van der Waals surface area contributed by atoms with E-state index in [9.17, 15) is 0 Å². The van der Waals surface area contributed by atoms with E-state index in [4.69, 9.17) is 0 Å². The molecule has 0 bridgehead atoms. The van der Waals surface area contributed by atoms with Crippen LogP contribution in [0.25, 0.3) is 75.2 Å². The summed E-state index contributed by atoms with van der Waals surface area (Å²) in [4.78, 5) is 0. The second-order valence-electron chi connectivity index (χ2n) is 15.2. The van der Waals surface area contributed by atoms with E-state index in [1.807, 2.05) is 11.3 Å². The summed E-state index contributed by atoms with van der Waals surface area (Å²) in [5, 5.41) is 13.2. The van der Waals surface area contributed by atoms with Gasteiger partial charge in [0.2, 0.25) is 0 Å². The predicted molar refractivity (Wildman–Crippen MR) is 252 cm³/mol. The third kappa shape index (κ3) is 4.76. The van der Waals surface area contributed by atoms with Crippen molar-refractivity contribution < 1.29 is 0 Å². The molecule has 12 aromatic rings. The van der Waals surface area contributed by atoms with Gasteiger partial charge in [0.05, 0.1) is 22.1 Å². The highest BCUT2D eigenvalue weighted by Gasteiger charge is 2.42. The molecule has 3 aromatic heterocycles. The van der Waals surface area contributed by atoms with Gasteiger partial charge in [-0.3, -0.25) is 0 Å². The number of rotatable bonds is 6. The highest BCUT2D eigenvalue weighted by Crippen LogP contribution is 2.43. The normalized spacial score (nSPS) is 12.1. The fraction of sp³-hybridized carbons (Fsp3) is 0. The summed E-state index contributed by atoms with van der Waals surface area (Å²) in [6, 6.07) is 81.5. The molecule has 0 amide bonds. The van der Waals surface area contributed by atoms with E-state index in [0.717, 1.165) is 0 Å². The lowest BCUT2D eigenvalue weighted by atomic mass is 10.1. The minimum atomic E-state index is -2.96. The van der Waals surface area contributed by atoms with Gasteiger partial charge in [-0.15, -0.1) is 11.3 Å². The average molecular weight is 773 g/mol. The zero-order chi connectivity index (χ0) is 38.2. The zero-order valence-corrected chi connectivity index (χ0v) is 33.4. The van der Waals surface area contributed by atoms with Crippen LogP contribution in [0.15, 0.2) is 218 Å². The number of benzene rings is 9. The van der Waals surface area contributed by atoms with Crippen LogP contribution in [-0.2, 0) is 0 Å². The van der Waals surface area contributed by atoms with Crippen molar-refractivity contribution in [2.75, 3.05) is 0 Å². The van der Waals surface area contributed by atoms with E-state index >= 15 is 0 Å². The van der Waals surface area contributed by atoms with Crippen LogP contribution >= 0.6 is 11.3 Å². The number of fused-ring (bicyclic) bond motifs is 10. The molecule has 0 fully saturated rings. The minimum Gasteiger partial charge on any atom is -0.309 e.